The van der Waals surface area contributed by atoms with Crippen molar-refractivity contribution in [2.75, 3.05) is 12.4 Å². The molecule has 1 aromatic carbocycles. The summed E-state index contributed by atoms with van der Waals surface area (Å²) in [5.41, 5.74) is 1.74. The van der Waals surface area contributed by atoms with Crippen LogP contribution in [0.1, 0.15) is 30.7 Å². The number of thioether (sulfide) groups is 1. The monoisotopic (exact) mass is 448 g/mol. The summed E-state index contributed by atoms with van der Waals surface area (Å²) >= 11 is 8.86. The molecular weight excluding hydrogens is 428 g/mol. The van der Waals surface area contributed by atoms with Crippen molar-refractivity contribution in [1.29, 1.82) is 0 Å². The molecule has 1 aliphatic carbocycles. The van der Waals surface area contributed by atoms with Crippen LogP contribution < -0.4 is 5.56 Å². The van der Waals surface area contributed by atoms with E-state index in [9.17, 15) is 9.59 Å². The second-order valence-corrected chi connectivity index (χ2v) is 9.60. The summed E-state index contributed by atoms with van der Waals surface area (Å²) < 4.78 is 6.62. The van der Waals surface area contributed by atoms with E-state index in [4.69, 9.17) is 21.3 Å². The lowest BCUT2D eigenvalue weighted by molar-refractivity contribution is -0.139. The highest BCUT2D eigenvalue weighted by atomic mass is 35.5. The molecule has 2 heterocycles. The van der Waals surface area contributed by atoms with E-state index in [1.165, 1.54) is 16.6 Å². The van der Waals surface area contributed by atoms with Crippen LogP contribution in [0.25, 0.3) is 15.9 Å². The lowest BCUT2D eigenvalue weighted by Crippen LogP contribution is -2.23. The quantitative estimate of drug-likeness (QED) is 0.316. The van der Waals surface area contributed by atoms with Crippen LogP contribution in [0.15, 0.2) is 34.2 Å². The molecule has 0 saturated heterocycles. The number of fused-ring (bicyclic) bond motifs is 3. The third kappa shape index (κ3) is 4.09. The molecule has 0 aliphatic heterocycles. The SMILES string of the molecule is CCOC(=O)CSc1nc2sc3c(c2c(=O)n1-c1ccc(Cl)cc1)CCC(C)C3. The summed E-state index contributed by atoms with van der Waals surface area (Å²) in [4.78, 5) is 32.3. The maximum atomic E-state index is 13.6. The van der Waals surface area contributed by atoms with Crippen LogP contribution in [0.2, 0.25) is 5.02 Å². The minimum atomic E-state index is -0.325. The third-order valence-electron chi connectivity index (χ3n) is 5.01. The van der Waals surface area contributed by atoms with E-state index >= 15 is 0 Å². The first-order valence-electron chi connectivity index (χ1n) is 9.59. The van der Waals surface area contributed by atoms with Crippen molar-refractivity contribution in [2.24, 2.45) is 5.92 Å². The van der Waals surface area contributed by atoms with E-state index in [0.717, 1.165) is 29.7 Å². The highest BCUT2D eigenvalue weighted by molar-refractivity contribution is 7.99. The number of halogens is 1. The maximum Gasteiger partial charge on any atom is 0.316 e. The van der Waals surface area contributed by atoms with Crippen LogP contribution >= 0.6 is 34.7 Å². The van der Waals surface area contributed by atoms with Crippen molar-refractivity contribution in [3.8, 4) is 5.69 Å². The summed E-state index contributed by atoms with van der Waals surface area (Å²) in [6.07, 6.45) is 2.98. The van der Waals surface area contributed by atoms with Gasteiger partial charge in [0.25, 0.3) is 5.56 Å². The van der Waals surface area contributed by atoms with Gasteiger partial charge in [0.1, 0.15) is 4.83 Å². The van der Waals surface area contributed by atoms with Gasteiger partial charge in [-0.15, -0.1) is 11.3 Å². The van der Waals surface area contributed by atoms with Gasteiger partial charge in [-0.2, -0.15) is 0 Å². The topological polar surface area (TPSA) is 61.2 Å². The number of thiophene rings is 1. The molecule has 0 fully saturated rings. The van der Waals surface area contributed by atoms with Gasteiger partial charge in [-0.3, -0.25) is 14.2 Å². The Labute approximate surface area is 182 Å². The summed E-state index contributed by atoms with van der Waals surface area (Å²) in [6, 6.07) is 7.09. The first-order valence-corrected chi connectivity index (χ1v) is 11.8. The fourth-order valence-electron chi connectivity index (χ4n) is 3.61. The van der Waals surface area contributed by atoms with Crippen LogP contribution in [0.3, 0.4) is 0 Å². The number of esters is 1. The largest absolute Gasteiger partial charge is 0.465 e. The Morgan fingerprint density at radius 3 is 2.86 bits per heavy atom. The Balaban J connectivity index is 1.87. The Bertz CT molecular complexity index is 1120. The predicted molar refractivity (Wildman–Crippen MR) is 119 cm³/mol. The standard InChI is InChI=1S/C21H21ClN2O3S2/c1-3-27-17(25)11-28-21-23-19-18(15-9-4-12(2)10-16(15)29-19)20(26)24(21)14-7-5-13(22)6-8-14/h5-8,12H,3-4,9-11H2,1-2H3. The van der Waals surface area contributed by atoms with Gasteiger partial charge >= 0.3 is 5.97 Å². The zero-order valence-corrected chi connectivity index (χ0v) is 18.6. The Morgan fingerprint density at radius 2 is 2.14 bits per heavy atom. The minimum absolute atomic E-state index is 0.0873. The van der Waals surface area contributed by atoms with E-state index in [0.29, 0.717) is 33.8 Å². The molecule has 1 unspecified atom stereocenters. The number of hydrogen-bond acceptors (Lipinski definition) is 6. The van der Waals surface area contributed by atoms with Gasteiger partial charge in [-0.05, 0) is 61.9 Å². The second kappa shape index (κ2) is 8.50. The second-order valence-electron chi connectivity index (χ2n) is 7.14. The Hall–Kier alpha value is -1.83. The normalized spacial score (nSPS) is 16.0. The lowest BCUT2D eigenvalue weighted by atomic mass is 9.89. The van der Waals surface area contributed by atoms with Crippen LogP contribution in [-0.4, -0.2) is 27.9 Å². The molecule has 0 N–H and O–H groups in total. The number of benzene rings is 1. The van der Waals surface area contributed by atoms with Gasteiger partial charge in [0.05, 0.1) is 23.4 Å². The van der Waals surface area contributed by atoms with E-state index < -0.39 is 0 Å². The smallest absolute Gasteiger partial charge is 0.316 e. The van der Waals surface area contributed by atoms with Gasteiger partial charge < -0.3 is 4.74 Å². The predicted octanol–water partition coefficient (Wildman–Crippen LogP) is 4.88. The van der Waals surface area contributed by atoms with Gasteiger partial charge in [-0.25, -0.2) is 4.98 Å². The lowest BCUT2D eigenvalue weighted by Gasteiger charge is -2.17. The van der Waals surface area contributed by atoms with Crippen molar-refractivity contribution < 1.29 is 9.53 Å². The molecule has 8 heteroatoms. The molecule has 1 atom stereocenters. The fourth-order valence-corrected chi connectivity index (χ4v) is 5.97. The van der Waals surface area contributed by atoms with Gasteiger partial charge in [0.2, 0.25) is 0 Å². The van der Waals surface area contributed by atoms with E-state index in [1.54, 1.807) is 47.1 Å². The van der Waals surface area contributed by atoms with Crippen molar-refractivity contribution in [2.45, 2.75) is 38.3 Å². The van der Waals surface area contributed by atoms with E-state index in [1.807, 2.05) is 0 Å². The highest BCUT2D eigenvalue weighted by Gasteiger charge is 2.25. The third-order valence-corrected chi connectivity index (χ3v) is 7.32. The molecule has 29 heavy (non-hydrogen) atoms. The highest BCUT2D eigenvalue weighted by Crippen LogP contribution is 2.37. The van der Waals surface area contributed by atoms with Crippen LogP contribution in [0.4, 0.5) is 0 Å². The zero-order chi connectivity index (χ0) is 20.5. The molecule has 0 bridgehead atoms. The summed E-state index contributed by atoms with van der Waals surface area (Å²) in [7, 11) is 0. The number of aryl methyl sites for hydroxylation is 1. The first kappa shape index (κ1) is 20.4. The average Bonchev–Trinajstić information content (AvgIpc) is 3.05. The summed E-state index contributed by atoms with van der Waals surface area (Å²) in [5.74, 6) is 0.391. The van der Waals surface area contributed by atoms with Gasteiger partial charge in [0, 0.05) is 9.90 Å². The molecule has 0 spiro atoms. The number of carbonyl (C=O) groups excluding carboxylic acids is 1. The number of aromatic nitrogens is 2. The molecular formula is C21H21ClN2O3S2. The summed E-state index contributed by atoms with van der Waals surface area (Å²) in [5, 5.41) is 1.80. The van der Waals surface area contributed by atoms with Crippen molar-refractivity contribution in [1.82, 2.24) is 9.55 Å². The molecule has 2 aromatic heterocycles. The van der Waals surface area contributed by atoms with Crippen molar-refractivity contribution >= 4 is 50.9 Å². The van der Waals surface area contributed by atoms with E-state index in [-0.39, 0.29) is 17.3 Å². The molecule has 4 rings (SSSR count). The van der Waals surface area contributed by atoms with Crippen molar-refractivity contribution in [3.63, 3.8) is 0 Å². The van der Waals surface area contributed by atoms with Crippen LogP contribution in [0.5, 0.6) is 0 Å². The molecule has 152 valence electrons. The van der Waals surface area contributed by atoms with Gasteiger partial charge in [-0.1, -0.05) is 30.3 Å². The average molecular weight is 449 g/mol. The van der Waals surface area contributed by atoms with Crippen LogP contribution in [-0.2, 0) is 22.4 Å². The molecule has 5 nitrogen and oxygen atoms in total. The van der Waals surface area contributed by atoms with Crippen LogP contribution in [0, 0.1) is 5.92 Å². The molecule has 0 radical (unpaired) electrons. The number of carbonyl (C=O) groups is 1. The summed E-state index contributed by atoms with van der Waals surface area (Å²) in [6.45, 7) is 4.34. The van der Waals surface area contributed by atoms with Gasteiger partial charge in [0.15, 0.2) is 5.16 Å². The Kier molecular flexibility index (Phi) is 5.99. The van der Waals surface area contributed by atoms with E-state index in [2.05, 4.69) is 6.92 Å². The number of rotatable bonds is 5. The molecule has 3 aromatic rings. The molecule has 0 saturated carbocycles. The molecule has 1 aliphatic rings. The van der Waals surface area contributed by atoms with Crippen molar-refractivity contribution in [3.05, 3.63) is 50.1 Å². The number of ether oxygens (including phenoxy) is 1. The zero-order valence-electron chi connectivity index (χ0n) is 16.2. The maximum absolute atomic E-state index is 13.6. The number of hydrogen-bond donors (Lipinski definition) is 0. The Morgan fingerprint density at radius 1 is 1.38 bits per heavy atom. The molecule has 0 amide bonds. The first-order chi connectivity index (χ1) is 14.0. The fraction of sp³-hybridized carbons (Fsp3) is 0.381. The minimum Gasteiger partial charge on any atom is -0.465 e. The number of nitrogens with zero attached hydrogens (tertiary/aromatic N) is 2.